The molecule has 0 spiro atoms. The summed E-state index contributed by atoms with van der Waals surface area (Å²) in [5, 5.41) is 2.86. The maximum absolute atomic E-state index is 11.7. The third-order valence-corrected chi connectivity index (χ3v) is 3.06. The molecule has 0 saturated heterocycles. The molecule has 0 saturated carbocycles. The van der Waals surface area contributed by atoms with Crippen molar-refractivity contribution in [3.63, 3.8) is 0 Å². The standard InChI is InChI=1S/C15H25NO2/c1-6-15(4,5)14(18)16-11-9-7-8-10-13(17)12(2)3/h7,9H,2,6,8,10-11H2,1,3-5H3,(H,16,18)/b9-7+. The number of rotatable bonds is 8. The van der Waals surface area contributed by atoms with Gasteiger partial charge < -0.3 is 5.32 Å². The summed E-state index contributed by atoms with van der Waals surface area (Å²) in [7, 11) is 0. The van der Waals surface area contributed by atoms with Crippen molar-refractivity contribution in [2.24, 2.45) is 5.41 Å². The van der Waals surface area contributed by atoms with Crippen molar-refractivity contribution in [1.29, 1.82) is 0 Å². The molecule has 0 atom stereocenters. The average Bonchev–Trinajstić information content (AvgIpc) is 2.32. The minimum Gasteiger partial charge on any atom is -0.352 e. The molecule has 0 aliphatic heterocycles. The van der Waals surface area contributed by atoms with Crippen LogP contribution < -0.4 is 5.32 Å². The van der Waals surface area contributed by atoms with Gasteiger partial charge in [-0.2, -0.15) is 0 Å². The van der Waals surface area contributed by atoms with Crippen molar-refractivity contribution in [1.82, 2.24) is 5.32 Å². The Labute approximate surface area is 110 Å². The van der Waals surface area contributed by atoms with Crippen LogP contribution >= 0.6 is 0 Å². The highest BCUT2D eigenvalue weighted by Gasteiger charge is 2.24. The van der Waals surface area contributed by atoms with E-state index in [0.717, 1.165) is 6.42 Å². The summed E-state index contributed by atoms with van der Waals surface area (Å²) in [4.78, 5) is 23.0. The molecule has 0 unspecified atom stereocenters. The minimum absolute atomic E-state index is 0.0627. The molecular formula is C15H25NO2. The van der Waals surface area contributed by atoms with Crippen LogP contribution in [0.1, 0.15) is 47.0 Å². The molecule has 0 aromatic heterocycles. The van der Waals surface area contributed by atoms with Crippen LogP contribution in [0, 0.1) is 5.41 Å². The SMILES string of the molecule is C=C(C)C(=O)CC/C=C/CNC(=O)C(C)(C)CC. The molecule has 0 aromatic rings. The summed E-state index contributed by atoms with van der Waals surface area (Å²) >= 11 is 0. The highest BCUT2D eigenvalue weighted by atomic mass is 16.2. The Balaban J connectivity index is 3.82. The van der Waals surface area contributed by atoms with Gasteiger partial charge in [-0.25, -0.2) is 0 Å². The van der Waals surface area contributed by atoms with E-state index in [1.807, 2.05) is 32.9 Å². The van der Waals surface area contributed by atoms with Crippen LogP contribution in [-0.2, 0) is 9.59 Å². The number of carbonyl (C=O) groups is 2. The Morgan fingerprint density at radius 2 is 1.89 bits per heavy atom. The van der Waals surface area contributed by atoms with Crippen LogP contribution in [-0.4, -0.2) is 18.2 Å². The Morgan fingerprint density at radius 1 is 1.28 bits per heavy atom. The second kappa shape index (κ2) is 7.85. The first-order chi connectivity index (χ1) is 8.31. The van der Waals surface area contributed by atoms with Gasteiger partial charge in [0.05, 0.1) is 0 Å². The fourth-order valence-corrected chi connectivity index (χ4v) is 1.18. The second-order valence-corrected chi connectivity index (χ2v) is 5.16. The van der Waals surface area contributed by atoms with Crippen LogP contribution in [0.3, 0.4) is 0 Å². The molecule has 18 heavy (non-hydrogen) atoms. The van der Waals surface area contributed by atoms with E-state index in [4.69, 9.17) is 0 Å². The molecule has 1 N–H and O–H groups in total. The number of Topliss-reactive ketones (excluding diaryl/α,β-unsaturated/α-hetero) is 1. The molecule has 3 heteroatoms. The third-order valence-electron chi connectivity index (χ3n) is 3.06. The van der Waals surface area contributed by atoms with Gasteiger partial charge in [0.1, 0.15) is 0 Å². The predicted octanol–water partition coefficient (Wildman–Crippen LogP) is 3.02. The summed E-state index contributed by atoms with van der Waals surface area (Å²) in [5.74, 6) is 0.156. The minimum atomic E-state index is -0.316. The van der Waals surface area contributed by atoms with Gasteiger partial charge in [-0.1, -0.05) is 39.5 Å². The summed E-state index contributed by atoms with van der Waals surface area (Å²) in [6.45, 7) is 11.7. The fourth-order valence-electron chi connectivity index (χ4n) is 1.18. The van der Waals surface area contributed by atoms with Crippen molar-refractivity contribution >= 4 is 11.7 Å². The Bertz CT molecular complexity index is 340. The number of allylic oxidation sites excluding steroid dienone is 2. The lowest BCUT2D eigenvalue weighted by molar-refractivity contribution is -0.129. The maximum atomic E-state index is 11.7. The van der Waals surface area contributed by atoms with Gasteiger partial charge in [0.2, 0.25) is 5.91 Å². The molecule has 0 bridgehead atoms. The number of hydrogen-bond acceptors (Lipinski definition) is 2. The number of nitrogens with one attached hydrogen (secondary N) is 1. The molecule has 0 fully saturated rings. The Kier molecular flexibility index (Phi) is 7.25. The normalized spacial score (nSPS) is 11.6. The van der Waals surface area contributed by atoms with Gasteiger partial charge in [-0.15, -0.1) is 0 Å². The van der Waals surface area contributed by atoms with Gasteiger partial charge in [-0.05, 0) is 25.3 Å². The summed E-state index contributed by atoms with van der Waals surface area (Å²) in [6.07, 6.45) is 5.80. The molecule has 0 radical (unpaired) electrons. The lowest BCUT2D eigenvalue weighted by atomic mass is 9.89. The van der Waals surface area contributed by atoms with Gasteiger partial charge >= 0.3 is 0 Å². The molecular weight excluding hydrogens is 226 g/mol. The number of carbonyl (C=O) groups excluding carboxylic acids is 2. The first-order valence-corrected chi connectivity index (χ1v) is 6.43. The van der Waals surface area contributed by atoms with E-state index < -0.39 is 0 Å². The van der Waals surface area contributed by atoms with E-state index >= 15 is 0 Å². The smallest absolute Gasteiger partial charge is 0.225 e. The van der Waals surface area contributed by atoms with Crippen molar-refractivity contribution in [2.75, 3.05) is 6.54 Å². The summed E-state index contributed by atoms with van der Waals surface area (Å²) < 4.78 is 0. The highest BCUT2D eigenvalue weighted by Crippen LogP contribution is 2.19. The van der Waals surface area contributed by atoms with Crippen LogP contribution in [0.25, 0.3) is 0 Å². The molecule has 102 valence electrons. The number of ketones is 1. The van der Waals surface area contributed by atoms with E-state index in [1.54, 1.807) is 6.92 Å². The molecule has 0 aliphatic carbocycles. The molecule has 1 amide bonds. The van der Waals surface area contributed by atoms with Crippen LogP contribution in [0.2, 0.25) is 0 Å². The van der Waals surface area contributed by atoms with E-state index in [2.05, 4.69) is 11.9 Å². The average molecular weight is 251 g/mol. The molecule has 3 nitrogen and oxygen atoms in total. The van der Waals surface area contributed by atoms with Crippen LogP contribution in [0.5, 0.6) is 0 Å². The van der Waals surface area contributed by atoms with Crippen LogP contribution in [0.4, 0.5) is 0 Å². The lowest BCUT2D eigenvalue weighted by Gasteiger charge is -2.20. The van der Waals surface area contributed by atoms with Crippen molar-refractivity contribution in [3.8, 4) is 0 Å². The van der Waals surface area contributed by atoms with Gasteiger partial charge in [0.25, 0.3) is 0 Å². The Hall–Kier alpha value is -1.38. The second-order valence-electron chi connectivity index (χ2n) is 5.16. The van der Waals surface area contributed by atoms with Crippen LogP contribution in [0.15, 0.2) is 24.3 Å². The van der Waals surface area contributed by atoms with Crippen molar-refractivity contribution < 1.29 is 9.59 Å². The number of hydrogen-bond donors (Lipinski definition) is 1. The molecule has 0 heterocycles. The first kappa shape index (κ1) is 16.6. The van der Waals surface area contributed by atoms with E-state index in [1.165, 1.54) is 0 Å². The van der Waals surface area contributed by atoms with Crippen molar-refractivity contribution in [3.05, 3.63) is 24.3 Å². The van der Waals surface area contributed by atoms with Gasteiger partial charge in [-0.3, -0.25) is 9.59 Å². The van der Waals surface area contributed by atoms with Gasteiger partial charge in [0, 0.05) is 18.4 Å². The zero-order chi connectivity index (χ0) is 14.2. The van der Waals surface area contributed by atoms with E-state index in [0.29, 0.717) is 25.0 Å². The summed E-state index contributed by atoms with van der Waals surface area (Å²) in [5.41, 5.74) is 0.283. The monoisotopic (exact) mass is 251 g/mol. The summed E-state index contributed by atoms with van der Waals surface area (Å²) in [6, 6.07) is 0. The number of amides is 1. The topological polar surface area (TPSA) is 46.2 Å². The molecule has 0 aliphatic rings. The van der Waals surface area contributed by atoms with Gasteiger partial charge in [0.15, 0.2) is 5.78 Å². The van der Waals surface area contributed by atoms with E-state index in [9.17, 15) is 9.59 Å². The lowest BCUT2D eigenvalue weighted by Crippen LogP contribution is -2.36. The highest BCUT2D eigenvalue weighted by molar-refractivity contribution is 5.94. The molecule has 0 rings (SSSR count). The van der Waals surface area contributed by atoms with Crippen molar-refractivity contribution in [2.45, 2.75) is 47.0 Å². The third kappa shape index (κ3) is 6.38. The van der Waals surface area contributed by atoms with E-state index in [-0.39, 0.29) is 17.1 Å². The predicted molar refractivity (Wildman–Crippen MR) is 75.3 cm³/mol. The maximum Gasteiger partial charge on any atom is 0.225 e. The quantitative estimate of drug-likeness (QED) is 0.532. The largest absolute Gasteiger partial charge is 0.352 e. The Morgan fingerprint density at radius 3 is 2.39 bits per heavy atom. The first-order valence-electron chi connectivity index (χ1n) is 6.43. The zero-order valence-corrected chi connectivity index (χ0v) is 12.0. The zero-order valence-electron chi connectivity index (χ0n) is 12.0. The fraction of sp³-hybridized carbons (Fsp3) is 0.600. The molecule has 0 aromatic carbocycles.